The number of nitrogens with zero attached hydrogens (tertiary/aromatic N) is 2. The van der Waals surface area contributed by atoms with Crippen LogP contribution in [0.2, 0.25) is 5.02 Å². The molecular formula is C15H20ClN3O2. The van der Waals surface area contributed by atoms with Crippen LogP contribution >= 0.6 is 11.6 Å². The SMILES string of the molecule is CCCc1nc(COc2ccc(CNCC)cc2Cl)no1. The monoisotopic (exact) mass is 309 g/mol. The molecule has 0 aliphatic rings. The van der Waals surface area contributed by atoms with E-state index in [2.05, 4.69) is 29.3 Å². The second-order valence-electron chi connectivity index (χ2n) is 4.69. The molecule has 1 aromatic carbocycles. The van der Waals surface area contributed by atoms with Crippen molar-refractivity contribution in [1.82, 2.24) is 15.5 Å². The number of rotatable bonds is 8. The van der Waals surface area contributed by atoms with Gasteiger partial charge < -0.3 is 14.6 Å². The lowest BCUT2D eigenvalue weighted by molar-refractivity contribution is 0.285. The van der Waals surface area contributed by atoms with Gasteiger partial charge in [-0.15, -0.1) is 0 Å². The van der Waals surface area contributed by atoms with Gasteiger partial charge in [0.1, 0.15) is 5.75 Å². The smallest absolute Gasteiger partial charge is 0.226 e. The molecule has 0 amide bonds. The highest BCUT2D eigenvalue weighted by Crippen LogP contribution is 2.26. The van der Waals surface area contributed by atoms with Crippen molar-refractivity contribution in [2.75, 3.05) is 6.54 Å². The van der Waals surface area contributed by atoms with Crippen molar-refractivity contribution >= 4 is 11.6 Å². The summed E-state index contributed by atoms with van der Waals surface area (Å²) in [7, 11) is 0. The van der Waals surface area contributed by atoms with Crippen molar-refractivity contribution in [2.45, 2.75) is 39.8 Å². The van der Waals surface area contributed by atoms with Gasteiger partial charge >= 0.3 is 0 Å². The third kappa shape index (κ3) is 4.72. The number of benzene rings is 1. The average molecular weight is 310 g/mol. The van der Waals surface area contributed by atoms with Gasteiger partial charge in [0, 0.05) is 13.0 Å². The summed E-state index contributed by atoms with van der Waals surface area (Å²) in [4.78, 5) is 4.25. The van der Waals surface area contributed by atoms with Crippen molar-refractivity contribution in [3.05, 3.63) is 40.5 Å². The van der Waals surface area contributed by atoms with Gasteiger partial charge in [-0.25, -0.2) is 0 Å². The van der Waals surface area contributed by atoms with Gasteiger partial charge in [-0.05, 0) is 30.7 Å². The number of aryl methyl sites for hydroxylation is 1. The Morgan fingerprint density at radius 3 is 2.90 bits per heavy atom. The van der Waals surface area contributed by atoms with E-state index in [4.69, 9.17) is 20.9 Å². The van der Waals surface area contributed by atoms with Crippen molar-refractivity contribution in [3.63, 3.8) is 0 Å². The minimum atomic E-state index is 0.249. The van der Waals surface area contributed by atoms with Crippen LogP contribution in [0.25, 0.3) is 0 Å². The molecule has 2 aromatic rings. The molecule has 0 spiro atoms. The van der Waals surface area contributed by atoms with E-state index in [1.165, 1.54) is 0 Å². The minimum absolute atomic E-state index is 0.249. The zero-order valence-electron chi connectivity index (χ0n) is 12.4. The Kier molecular flexibility index (Phi) is 6.02. The fraction of sp³-hybridized carbons (Fsp3) is 0.467. The summed E-state index contributed by atoms with van der Waals surface area (Å²) < 4.78 is 10.7. The van der Waals surface area contributed by atoms with Gasteiger partial charge in [0.15, 0.2) is 6.61 Å². The molecule has 0 radical (unpaired) electrons. The summed E-state index contributed by atoms with van der Waals surface area (Å²) in [6.45, 7) is 6.10. The Balaban J connectivity index is 1.92. The second kappa shape index (κ2) is 8.00. The van der Waals surface area contributed by atoms with E-state index in [0.29, 0.717) is 22.5 Å². The molecule has 0 unspecified atom stereocenters. The molecule has 21 heavy (non-hydrogen) atoms. The van der Waals surface area contributed by atoms with E-state index in [1.54, 1.807) is 0 Å². The molecule has 0 atom stereocenters. The van der Waals surface area contributed by atoms with E-state index in [-0.39, 0.29) is 6.61 Å². The molecule has 114 valence electrons. The number of nitrogens with one attached hydrogen (secondary N) is 1. The number of aromatic nitrogens is 2. The maximum Gasteiger partial charge on any atom is 0.226 e. The Labute approximate surface area is 129 Å². The Morgan fingerprint density at radius 2 is 2.19 bits per heavy atom. The molecule has 0 aliphatic heterocycles. The van der Waals surface area contributed by atoms with Crippen LogP contribution in [0, 0.1) is 0 Å². The van der Waals surface area contributed by atoms with Gasteiger partial charge in [-0.3, -0.25) is 0 Å². The molecular weight excluding hydrogens is 290 g/mol. The zero-order chi connectivity index (χ0) is 15.1. The molecule has 6 heteroatoms. The van der Waals surface area contributed by atoms with Gasteiger partial charge in [0.05, 0.1) is 5.02 Å². The quantitative estimate of drug-likeness (QED) is 0.810. The summed E-state index contributed by atoms with van der Waals surface area (Å²) in [5.41, 5.74) is 1.12. The lowest BCUT2D eigenvalue weighted by atomic mass is 10.2. The van der Waals surface area contributed by atoms with Crippen LogP contribution in [0.1, 0.15) is 37.5 Å². The van der Waals surface area contributed by atoms with Crippen molar-refractivity contribution in [2.24, 2.45) is 0 Å². The summed E-state index contributed by atoms with van der Waals surface area (Å²) in [6, 6.07) is 5.75. The van der Waals surface area contributed by atoms with Crippen LogP contribution < -0.4 is 10.1 Å². The molecule has 0 bridgehead atoms. The third-order valence-corrected chi connectivity index (χ3v) is 3.20. The molecule has 0 saturated heterocycles. The van der Waals surface area contributed by atoms with E-state index in [1.807, 2.05) is 18.2 Å². The molecule has 1 N–H and O–H groups in total. The zero-order valence-corrected chi connectivity index (χ0v) is 13.1. The van der Waals surface area contributed by atoms with Crippen molar-refractivity contribution < 1.29 is 9.26 Å². The number of halogens is 1. The summed E-state index contributed by atoms with van der Waals surface area (Å²) in [6.07, 6.45) is 1.76. The van der Waals surface area contributed by atoms with Gasteiger partial charge in [-0.2, -0.15) is 4.98 Å². The molecule has 0 saturated carbocycles. The standard InChI is InChI=1S/C15H20ClN3O2/c1-3-5-15-18-14(19-21-15)10-20-13-7-6-11(8-12(13)16)9-17-4-2/h6-8,17H,3-5,9-10H2,1-2H3. The van der Waals surface area contributed by atoms with Crippen LogP contribution in [-0.4, -0.2) is 16.7 Å². The molecule has 2 rings (SSSR count). The third-order valence-electron chi connectivity index (χ3n) is 2.91. The normalized spacial score (nSPS) is 10.8. The lowest BCUT2D eigenvalue weighted by Crippen LogP contribution is -2.11. The predicted molar refractivity (Wildman–Crippen MR) is 81.5 cm³/mol. The van der Waals surface area contributed by atoms with E-state index < -0.39 is 0 Å². The maximum atomic E-state index is 6.21. The molecule has 5 nitrogen and oxygen atoms in total. The Hall–Kier alpha value is -1.59. The predicted octanol–water partition coefficient (Wildman–Crippen LogP) is 3.36. The highest BCUT2D eigenvalue weighted by molar-refractivity contribution is 6.32. The first kappa shape index (κ1) is 15.8. The first-order valence-electron chi connectivity index (χ1n) is 7.16. The summed E-state index contributed by atoms with van der Waals surface area (Å²) >= 11 is 6.21. The average Bonchev–Trinajstić information content (AvgIpc) is 2.92. The topological polar surface area (TPSA) is 60.2 Å². The number of hydrogen-bond acceptors (Lipinski definition) is 5. The van der Waals surface area contributed by atoms with Crippen molar-refractivity contribution in [1.29, 1.82) is 0 Å². The highest BCUT2D eigenvalue weighted by atomic mass is 35.5. The number of hydrogen-bond donors (Lipinski definition) is 1. The highest BCUT2D eigenvalue weighted by Gasteiger charge is 2.08. The van der Waals surface area contributed by atoms with Crippen LogP contribution in [0.3, 0.4) is 0 Å². The van der Waals surface area contributed by atoms with E-state index >= 15 is 0 Å². The fourth-order valence-corrected chi connectivity index (χ4v) is 2.10. The number of ether oxygens (including phenoxy) is 1. The molecule has 0 aliphatic carbocycles. The summed E-state index contributed by atoms with van der Waals surface area (Å²) in [5.74, 6) is 1.80. The lowest BCUT2D eigenvalue weighted by Gasteiger charge is -2.08. The second-order valence-corrected chi connectivity index (χ2v) is 5.10. The molecule has 0 fully saturated rings. The van der Waals surface area contributed by atoms with Gasteiger partial charge in [-0.1, -0.05) is 36.7 Å². The van der Waals surface area contributed by atoms with E-state index in [0.717, 1.165) is 31.5 Å². The Morgan fingerprint density at radius 1 is 1.33 bits per heavy atom. The summed E-state index contributed by atoms with van der Waals surface area (Å²) in [5, 5.41) is 7.71. The first-order valence-corrected chi connectivity index (χ1v) is 7.54. The molecule has 1 heterocycles. The van der Waals surface area contributed by atoms with Crippen LogP contribution in [0.4, 0.5) is 0 Å². The van der Waals surface area contributed by atoms with Crippen LogP contribution in [0.5, 0.6) is 5.75 Å². The molecule has 1 aromatic heterocycles. The van der Waals surface area contributed by atoms with Crippen LogP contribution in [-0.2, 0) is 19.6 Å². The fourth-order valence-electron chi connectivity index (χ4n) is 1.85. The Bertz CT molecular complexity index is 572. The largest absolute Gasteiger partial charge is 0.484 e. The maximum absolute atomic E-state index is 6.21. The van der Waals surface area contributed by atoms with Gasteiger partial charge in [0.2, 0.25) is 11.7 Å². The minimum Gasteiger partial charge on any atom is -0.484 e. The van der Waals surface area contributed by atoms with E-state index in [9.17, 15) is 0 Å². The first-order chi connectivity index (χ1) is 10.2. The van der Waals surface area contributed by atoms with Crippen molar-refractivity contribution in [3.8, 4) is 5.75 Å². The van der Waals surface area contributed by atoms with Gasteiger partial charge in [0.25, 0.3) is 0 Å². The van der Waals surface area contributed by atoms with Crippen LogP contribution in [0.15, 0.2) is 22.7 Å².